The summed E-state index contributed by atoms with van der Waals surface area (Å²) in [5, 5.41) is 12.1. The Hall–Kier alpha value is -2.22. The maximum absolute atomic E-state index is 10.9. The molecule has 5 heteroatoms. The van der Waals surface area contributed by atoms with Gasteiger partial charge in [-0.1, -0.05) is 0 Å². The first-order chi connectivity index (χ1) is 7.87. The Morgan fingerprint density at radius 1 is 1.47 bits per heavy atom. The third-order valence-electron chi connectivity index (χ3n) is 2.10. The van der Waals surface area contributed by atoms with Gasteiger partial charge >= 0.3 is 5.97 Å². The highest BCUT2D eigenvalue weighted by atomic mass is 16.4. The first-order valence-electron chi connectivity index (χ1n) is 5.19. The molecule has 0 aliphatic carbocycles. The number of imidazole rings is 1. The van der Waals surface area contributed by atoms with Gasteiger partial charge in [-0.25, -0.2) is 9.78 Å². The SMILES string of the molecule is CC(C)(C)Nc1cnc2c#cc(C(=O)O)cn12. The number of fused-ring (bicyclic) bond motifs is 1. The lowest BCUT2D eigenvalue weighted by atomic mass is 10.1. The molecule has 0 unspecified atom stereocenters. The van der Waals surface area contributed by atoms with E-state index in [9.17, 15) is 4.79 Å². The first kappa shape index (κ1) is 11.3. The average molecular weight is 231 g/mol. The molecule has 0 amide bonds. The van der Waals surface area contributed by atoms with E-state index in [0.29, 0.717) is 5.65 Å². The maximum Gasteiger partial charge on any atom is 0.345 e. The molecule has 0 saturated carbocycles. The molecule has 2 heterocycles. The van der Waals surface area contributed by atoms with Gasteiger partial charge in [-0.2, -0.15) is 0 Å². The number of hydrogen-bond acceptors (Lipinski definition) is 3. The van der Waals surface area contributed by atoms with Gasteiger partial charge in [0.05, 0.1) is 6.20 Å². The Balaban J connectivity index is 2.50. The molecule has 0 fully saturated rings. The number of aromatic carboxylic acids is 1. The largest absolute Gasteiger partial charge is 0.477 e. The molecule has 0 spiro atoms. The molecule has 2 rings (SSSR count). The van der Waals surface area contributed by atoms with Gasteiger partial charge in [0.25, 0.3) is 0 Å². The van der Waals surface area contributed by atoms with E-state index in [1.54, 1.807) is 10.6 Å². The summed E-state index contributed by atoms with van der Waals surface area (Å²) in [5.41, 5.74) is 0.480. The monoisotopic (exact) mass is 231 g/mol. The van der Waals surface area contributed by atoms with E-state index >= 15 is 0 Å². The molecular weight excluding hydrogens is 218 g/mol. The number of carboxylic acids is 1. The summed E-state index contributed by atoms with van der Waals surface area (Å²) in [7, 11) is 0. The lowest BCUT2D eigenvalue weighted by molar-refractivity contribution is 0.0696. The van der Waals surface area contributed by atoms with E-state index in [4.69, 9.17) is 5.11 Å². The fraction of sp³-hybridized carbons (Fsp3) is 0.333. The predicted molar refractivity (Wildman–Crippen MR) is 63.2 cm³/mol. The number of aromatic nitrogens is 2. The lowest BCUT2D eigenvalue weighted by Gasteiger charge is -2.21. The van der Waals surface area contributed by atoms with Crippen LogP contribution in [-0.4, -0.2) is 26.0 Å². The smallest absolute Gasteiger partial charge is 0.345 e. The lowest BCUT2D eigenvalue weighted by Crippen LogP contribution is -2.26. The van der Waals surface area contributed by atoms with E-state index in [1.165, 1.54) is 6.20 Å². The van der Waals surface area contributed by atoms with Crippen LogP contribution in [0, 0.1) is 12.1 Å². The van der Waals surface area contributed by atoms with Crippen molar-refractivity contribution in [1.82, 2.24) is 9.38 Å². The minimum absolute atomic E-state index is 0.0625. The van der Waals surface area contributed by atoms with Crippen molar-refractivity contribution in [3.05, 3.63) is 30.1 Å². The van der Waals surface area contributed by atoms with Crippen molar-refractivity contribution in [3.63, 3.8) is 0 Å². The van der Waals surface area contributed by atoms with E-state index in [2.05, 4.69) is 22.4 Å². The Kier molecular flexibility index (Phi) is 2.43. The van der Waals surface area contributed by atoms with E-state index in [-0.39, 0.29) is 11.1 Å². The topological polar surface area (TPSA) is 66.6 Å². The second-order valence-electron chi connectivity index (χ2n) is 4.81. The van der Waals surface area contributed by atoms with Crippen LogP contribution in [0.15, 0.2) is 12.4 Å². The summed E-state index contributed by atoms with van der Waals surface area (Å²) in [6, 6.07) is 5.26. The van der Waals surface area contributed by atoms with Crippen molar-refractivity contribution >= 4 is 17.4 Å². The molecule has 5 nitrogen and oxygen atoms in total. The Morgan fingerprint density at radius 2 is 2.18 bits per heavy atom. The van der Waals surface area contributed by atoms with Crippen molar-refractivity contribution in [2.24, 2.45) is 0 Å². The van der Waals surface area contributed by atoms with E-state index in [0.717, 1.165) is 5.82 Å². The van der Waals surface area contributed by atoms with Gasteiger partial charge in [0.1, 0.15) is 11.4 Å². The molecule has 0 radical (unpaired) electrons. The fourth-order valence-electron chi connectivity index (χ4n) is 1.45. The third-order valence-corrected chi connectivity index (χ3v) is 2.10. The summed E-state index contributed by atoms with van der Waals surface area (Å²) >= 11 is 0. The normalized spacial score (nSPS) is 11.2. The molecule has 0 aliphatic rings. The number of anilines is 1. The highest BCUT2D eigenvalue weighted by Crippen LogP contribution is 2.16. The Labute approximate surface area is 99.1 Å². The second-order valence-corrected chi connectivity index (χ2v) is 4.81. The summed E-state index contributed by atoms with van der Waals surface area (Å²) in [4.78, 5) is 15.0. The zero-order valence-electron chi connectivity index (χ0n) is 9.90. The Bertz CT molecular complexity index is 567. The summed E-state index contributed by atoms with van der Waals surface area (Å²) in [5.74, 6) is -0.293. The molecule has 88 valence electrons. The zero-order chi connectivity index (χ0) is 12.6. The van der Waals surface area contributed by atoms with Gasteiger partial charge in [0.2, 0.25) is 0 Å². The number of nitrogens with one attached hydrogen (secondary N) is 1. The van der Waals surface area contributed by atoms with Crippen LogP contribution in [0.1, 0.15) is 31.1 Å². The van der Waals surface area contributed by atoms with E-state index in [1.807, 2.05) is 20.8 Å². The number of rotatable bonds is 2. The van der Waals surface area contributed by atoms with Crippen LogP contribution in [0.25, 0.3) is 5.65 Å². The minimum atomic E-state index is -1.03. The maximum atomic E-state index is 10.9. The molecule has 0 aliphatic heterocycles. The van der Waals surface area contributed by atoms with Crippen molar-refractivity contribution < 1.29 is 9.90 Å². The molecule has 0 atom stereocenters. The minimum Gasteiger partial charge on any atom is -0.477 e. The van der Waals surface area contributed by atoms with Gasteiger partial charge in [-0.3, -0.25) is 4.40 Å². The van der Waals surface area contributed by atoms with Crippen molar-refractivity contribution in [3.8, 4) is 0 Å². The fourth-order valence-corrected chi connectivity index (χ4v) is 1.45. The third kappa shape index (κ3) is 2.31. The van der Waals surface area contributed by atoms with Crippen LogP contribution in [0.2, 0.25) is 0 Å². The van der Waals surface area contributed by atoms with Crippen molar-refractivity contribution in [1.29, 1.82) is 0 Å². The molecule has 2 N–H and O–H groups in total. The first-order valence-corrected chi connectivity index (χ1v) is 5.19. The standard InChI is InChI=1S/C12H13N3O2/c1-12(2,3)14-10-6-13-9-5-4-8(11(16)17)7-15(9)10/h6-7,14H,1-3H3,(H,16,17). The molecule has 0 saturated heterocycles. The highest BCUT2D eigenvalue weighted by molar-refractivity contribution is 5.86. The second kappa shape index (κ2) is 3.67. The van der Waals surface area contributed by atoms with Gasteiger partial charge in [0.15, 0.2) is 5.65 Å². The van der Waals surface area contributed by atoms with Crippen molar-refractivity contribution in [2.45, 2.75) is 26.3 Å². The van der Waals surface area contributed by atoms with Crippen LogP contribution in [-0.2, 0) is 0 Å². The van der Waals surface area contributed by atoms with Crippen LogP contribution >= 0.6 is 0 Å². The molecular formula is C12H13N3O2. The molecule has 0 aromatic carbocycles. The van der Waals surface area contributed by atoms with E-state index < -0.39 is 5.97 Å². The molecule has 2 aromatic rings. The van der Waals surface area contributed by atoms with Crippen LogP contribution in [0.4, 0.5) is 5.82 Å². The summed E-state index contributed by atoms with van der Waals surface area (Å²) in [6.45, 7) is 6.05. The molecule has 2 aromatic heterocycles. The molecule has 17 heavy (non-hydrogen) atoms. The zero-order valence-corrected chi connectivity index (χ0v) is 9.90. The predicted octanol–water partition coefficient (Wildman–Crippen LogP) is 1.84. The van der Waals surface area contributed by atoms with Crippen molar-refractivity contribution in [2.75, 3.05) is 5.32 Å². The summed E-state index contributed by atoms with van der Waals surface area (Å²) in [6.07, 6.45) is 3.13. The molecule has 0 bridgehead atoms. The number of carbonyl (C=O) groups is 1. The highest BCUT2D eigenvalue weighted by Gasteiger charge is 2.13. The van der Waals surface area contributed by atoms with Gasteiger partial charge < -0.3 is 10.4 Å². The van der Waals surface area contributed by atoms with Gasteiger partial charge in [-0.15, -0.1) is 0 Å². The Morgan fingerprint density at radius 3 is 2.76 bits per heavy atom. The van der Waals surface area contributed by atoms with Gasteiger partial charge in [0, 0.05) is 11.7 Å². The average Bonchev–Trinajstić information content (AvgIpc) is 2.58. The quantitative estimate of drug-likeness (QED) is 0.827. The van der Waals surface area contributed by atoms with Crippen LogP contribution in [0.5, 0.6) is 0 Å². The number of nitrogens with zero attached hydrogens (tertiary/aromatic N) is 2. The number of hydrogen-bond donors (Lipinski definition) is 2. The van der Waals surface area contributed by atoms with Crippen LogP contribution < -0.4 is 5.32 Å². The summed E-state index contributed by atoms with van der Waals surface area (Å²) < 4.78 is 1.66. The number of carboxylic acid groups (broad SMARTS) is 1. The van der Waals surface area contributed by atoms with Crippen LogP contribution in [0.3, 0.4) is 0 Å². The van der Waals surface area contributed by atoms with Gasteiger partial charge in [-0.05, 0) is 32.9 Å².